The van der Waals surface area contributed by atoms with E-state index >= 15 is 0 Å². The van der Waals surface area contributed by atoms with Crippen LogP contribution < -0.4 is 9.47 Å². The van der Waals surface area contributed by atoms with Crippen molar-refractivity contribution in [3.63, 3.8) is 0 Å². The summed E-state index contributed by atoms with van der Waals surface area (Å²) in [7, 11) is 0. The summed E-state index contributed by atoms with van der Waals surface area (Å²) >= 11 is 1.95. The quantitative estimate of drug-likeness (QED) is 0.791. The normalized spacial score (nSPS) is 18.9. The van der Waals surface area contributed by atoms with Gasteiger partial charge in [0, 0.05) is 42.4 Å². The first-order valence-corrected chi connectivity index (χ1v) is 10.1. The molecule has 1 aromatic carbocycles. The van der Waals surface area contributed by atoms with Crippen molar-refractivity contribution in [1.82, 2.24) is 4.90 Å². The fraction of sp³-hybridized carbons (Fsp3) is 0.579. The molecule has 2 heterocycles. The number of ether oxygens (including phenoxy) is 3. The molecule has 2 aliphatic rings. The lowest BCUT2D eigenvalue weighted by Crippen LogP contribution is -2.51. The van der Waals surface area contributed by atoms with Crippen LogP contribution in [0.5, 0.6) is 11.5 Å². The summed E-state index contributed by atoms with van der Waals surface area (Å²) in [6.45, 7) is 4.70. The SMILES string of the molecule is CCOc1cc(C(=O)N2CCSC3(CCOCC3)C2)ccc1OCC(=O)O. The van der Waals surface area contributed by atoms with E-state index in [2.05, 4.69) is 0 Å². The predicted molar refractivity (Wildman–Crippen MR) is 102 cm³/mol. The average molecular weight is 395 g/mol. The smallest absolute Gasteiger partial charge is 0.341 e. The van der Waals surface area contributed by atoms with Gasteiger partial charge in [-0.05, 0) is 38.0 Å². The molecule has 0 aromatic heterocycles. The molecule has 0 atom stereocenters. The van der Waals surface area contributed by atoms with Gasteiger partial charge >= 0.3 is 5.97 Å². The van der Waals surface area contributed by atoms with Gasteiger partial charge in [-0.15, -0.1) is 0 Å². The van der Waals surface area contributed by atoms with E-state index in [1.54, 1.807) is 18.2 Å². The minimum Gasteiger partial charge on any atom is -0.490 e. The van der Waals surface area contributed by atoms with E-state index < -0.39 is 12.6 Å². The van der Waals surface area contributed by atoms with Crippen molar-refractivity contribution in [3.05, 3.63) is 23.8 Å². The molecule has 2 aliphatic heterocycles. The lowest BCUT2D eigenvalue weighted by Gasteiger charge is -2.44. The van der Waals surface area contributed by atoms with Crippen molar-refractivity contribution in [2.45, 2.75) is 24.5 Å². The van der Waals surface area contributed by atoms with E-state index in [0.717, 1.165) is 38.4 Å². The third-order valence-electron chi connectivity index (χ3n) is 4.78. The fourth-order valence-corrected chi connectivity index (χ4v) is 4.86. The highest BCUT2D eigenvalue weighted by Crippen LogP contribution is 2.39. The molecule has 0 aliphatic carbocycles. The van der Waals surface area contributed by atoms with Crippen molar-refractivity contribution in [2.75, 3.05) is 45.3 Å². The van der Waals surface area contributed by atoms with Gasteiger partial charge in [-0.1, -0.05) is 0 Å². The van der Waals surface area contributed by atoms with Crippen LogP contribution in [0.25, 0.3) is 0 Å². The molecule has 2 saturated heterocycles. The first-order valence-electron chi connectivity index (χ1n) is 9.15. The fourth-order valence-electron chi connectivity index (χ4n) is 3.41. The van der Waals surface area contributed by atoms with Crippen LogP contribution in [0.1, 0.15) is 30.1 Å². The van der Waals surface area contributed by atoms with Crippen molar-refractivity contribution < 1.29 is 28.9 Å². The Balaban J connectivity index is 1.75. The molecule has 0 unspecified atom stereocenters. The van der Waals surface area contributed by atoms with Gasteiger partial charge in [0.25, 0.3) is 5.91 Å². The molecule has 148 valence electrons. The predicted octanol–water partition coefficient (Wildman–Crippen LogP) is 2.29. The minimum absolute atomic E-state index is 0.0353. The van der Waals surface area contributed by atoms with Crippen molar-refractivity contribution >= 4 is 23.6 Å². The maximum Gasteiger partial charge on any atom is 0.341 e. The maximum atomic E-state index is 13.1. The standard InChI is InChI=1S/C19H25NO6S/c1-2-25-16-11-14(3-4-15(16)26-12-17(21)22)18(23)20-7-10-27-19(13-20)5-8-24-9-6-19/h3-4,11H,2,5-10,12-13H2,1H3,(H,21,22). The number of aliphatic carboxylic acids is 1. The van der Waals surface area contributed by atoms with E-state index in [9.17, 15) is 9.59 Å². The molecule has 2 fully saturated rings. The Labute approximate surface area is 163 Å². The van der Waals surface area contributed by atoms with Crippen LogP contribution in [0.4, 0.5) is 0 Å². The van der Waals surface area contributed by atoms with Gasteiger partial charge in [0.15, 0.2) is 18.1 Å². The number of nitrogens with zero attached hydrogens (tertiary/aromatic N) is 1. The second-order valence-electron chi connectivity index (χ2n) is 6.65. The highest BCUT2D eigenvalue weighted by atomic mass is 32.2. The molecule has 1 amide bonds. The van der Waals surface area contributed by atoms with Crippen LogP contribution in [0, 0.1) is 0 Å². The van der Waals surface area contributed by atoms with E-state index in [0.29, 0.717) is 30.2 Å². The zero-order valence-corrected chi connectivity index (χ0v) is 16.3. The van der Waals surface area contributed by atoms with E-state index in [1.165, 1.54) is 0 Å². The number of amides is 1. The van der Waals surface area contributed by atoms with Crippen LogP contribution in [0.3, 0.4) is 0 Å². The summed E-state index contributed by atoms with van der Waals surface area (Å²) in [5, 5.41) is 8.79. The molecule has 1 aromatic rings. The Bertz CT molecular complexity index is 683. The number of benzene rings is 1. The highest BCUT2D eigenvalue weighted by molar-refractivity contribution is 8.00. The molecule has 7 nitrogen and oxygen atoms in total. The number of thioether (sulfide) groups is 1. The Morgan fingerprint density at radius 1 is 1.26 bits per heavy atom. The molecule has 0 bridgehead atoms. The Hall–Kier alpha value is -1.93. The third-order valence-corrected chi connectivity index (χ3v) is 6.32. The van der Waals surface area contributed by atoms with Crippen molar-refractivity contribution in [2.24, 2.45) is 0 Å². The number of carboxylic acids is 1. The van der Waals surface area contributed by atoms with Crippen LogP contribution in [0.2, 0.25) is 0 Å². The summed E-state index contributed by atoms with van der Waals surface area (Å²) in [6, 6.07) is 4.91. The van der Waals surface area contributed by atoms with Gasteiger partial charge in [-0.3, -0.25) is 4.79 Å². The average Bonchev–Trinajstić information content (AvgIpc) is 2.67. The van der Waals surface area contributed by atoms with E-state index in [1.807, 2.05) is 23.6 Å². The van der Waals surface area contributed by atoms with Crippen LogP contribution in [-0.4, -0.2) is 71.9 Å². The zero-order chi connectivity index (χ0) is 19.3. The minimum atomic E-state index is -1.06. The zero-order valence-electron chi connectivity index (χ0n) is 15.4. The molecular weight excluding hydrogens is 370 g/mol. The molecule has 8 heteroatoms. The first-order chi connectivity index (χ1) is 13.0. The third kappa shape index (κ3) is 4.87. The van der Waals surface area contributed by atoms with Crippen molar-refractivity contribution in [1.29, 1.82) is 0 Å². The van der Waals surface area contributed by atoms with E-state index in [-0.39, 0.29) is 10.7 Å². The number of rotatable bonds is 6. The Morgan fingerprint density at radius 3 is 2.74 bits per heavy atom. The van der Waals surface area contributed by atoms with Gasteiger partial charge in [0.05, 0.1) is 6.61 Å². The lowest BCUT2D eigenvalue weighted by molar-refractivity contribution is -0.139. The monoisotopic (exact) mass is 395 g/mol. The van der Waals surface area contributed by atoms with Gasteiger partial charge < -0.3 is 24.2 Å². The van der Waals surface area contributed by atoms with Crippen LogP contribution >= 0.6 is 11.8 Å². The summed E-state index contributed by atoms with van der Waals surface area (Å²) in [5.74, 6) is 0.531. The topological polar surface area (TPSA) is 85.3 Å². The molecule has 3 rings (SSSR count). The summed E-state index contributed by atoms with van der Waals surface area (Å²) < 4.78 is 16.4. The number of hydrogen-bond donors (Lipinski definition) is 1. The number of carbonyl (C=O) groups is 2. The van der Waals surface area contributed by atoms with Crippen LogP contribution in [-0.2, 0) is 9.53 Å². The molecule has 27 heavy (non-hydrogen) atoms. The molecule has 1 spiro atoms. The first kappa shape index (κ1) is 19.8. The number of carbonyl (C=O) groups excluding carboxylic acids is 1. The van der Waals surface area contributed by atoms with Gasteiger partial charge in [-0.25, -0.2) is 4.79 Å². The number of carboxylic acid groups (broad SMARTS) is 1. The van der Waals surface area contributed by atoms with Gasteiger partial charge in [0.1, 0.15) is 0 Å². The summed E-state index contributed by atoms with van der Waals surface area (Å²) in [6.07, 6.45) is 1.93. The molecule has 0 radical (unpaired) electrons. The van der Waals surface area contributed by atoms with E-state index in [4.69, 9.17) is 19.3 Å². The largest absolute Gasteiger partial charge is 0.490 e. The summed E-state index contributed by atoms with van der Waals surface area (Å²) in [5.41, 5.74) is 0.523. The van der Waals surface area contributed by atoms with Gasteiger partial charge in [0.2, 0.25) is 0 Å². The second kappa shape index (κ2) is 8.84. The highest BCUT2D eigenvalue weighted by Gasteiger charge is 2.39. The Morgan fingerprint density at radius 2 is 2.04 bits per heavy atom. The van der Waals surface area contributed by atoms with Gasteiger partial charge in [-0.2, -0.15) is 11.8 Å². The lowest BCUT2D eigenvalue weighted by atomic mass is 9.97. The molecular formula is C19H25NO6S. The molecule has 0 saturated carbocycles. The van der Waals surface area contributed by atoms with Crippen LogP contribution in [0.15, 0.2) is 18.2 Å². The number of hydrogen-bond acceptors (Lipinski definition) is 6. The van der Waals surface area contributed by atoms with Crippen molar-refractivity contribution in [3.8, 4) is 11.5 Å². The molecule has 1 N–H and O–H groups in total. The maximum absolute atomic E-state index is 13.1. The second-order valence-corrected chi connectivity index (χ2v) is 8.21. The Kier molecular flexibility index (Phi) is 6.49. The summed E-state index contributed by atoms with van der Waals surface area (Å²) in [4.78, 5) is 25.7.